The average Bonchev–Trinajstić information content (AvgIpc) is 3.06. The van der Waals surface area contributed by atoms with Crippen molar-refractivity contribution in [3.63, 3.8) is 0 Å². The van der Waals surface area contributed by atoms with Gasteiger partial charge >= 0.3 is 0 Å². The van der Waals surface area contributed by atoms with Gasteiger partial charge in [-0.05, 0) is 49.9 Å². The zero-order valence-corrected chi connectivity index (χ0v) is 18.8. The molecule has 0 saturated carbocycles. The molecule has 1 aliphatic rings. The molecule has 0 unspecified atom stereocenters. The first-order valence-electron chi connectivity index (χ1n) is 10.3. The molecule has 0 spiro atoms. The van der Waals surface area contributed by atoms with Gasteiger partial charge in [-0.3, -0.25) is 4.79 Å². The van der Waals surface area contributed by atoms with Gasteiger partial charge in [0.05, 0.1) is 5.39 Å². The number of nitrogens with one attached hydrogen (secondary N) is 1. The molecule has 7 nitrogen and oxygen atoms in total. The molecule has 0 radical (unpaired) electrons. The van der Waals surface area contributed by atoms with E-state index >= 15 is 0 Å². The number of amides is 1. The van der Waals surface area contributed by atoms with E-state index in [9.17, 15) is 4.79 Å². The Hall–Kier alpha value is -2.74. The number of nitrogens with zero attached hydrogens (tertiary/aromatic N) is 5. The second-order valence-electron chi connectivity index (χ2n) is 8.06. The Morgan fingerprint density at radius 2 is 2.00 bits per heavy atom. The largest absolute Gasteiger partial charge is 0.363 e. The molecular weight excluding hydrogens is 396 g/mol. The van der Waals surface area contributed by atoms with Crippen LogP contribution in [0.5, 0.6) is 0 Å². The van der Waals surface area contributed by atoms with Gasteiger partial charge in [0.15, 0.2) is 0 Å². The van der Waals surface area contributed by atoms with Gasteiger partial charge in [-0.25, -0.2) is 15.0 Å². The highest BCUT2D eigenvalue weighted by Gasteiger charge is 2.27. The number of piperidine rings is 1. The molecule has 0 atom stereocenters. The van der Waals surface area contributed by atoms with Crippen LogP contribution in [0.25, 0.3) is 10.2 Å². The lowest BCUT2D eigenvalue weighted by Gasteiger charge is -2.32. The smallest absolute Gasteiger partial charge is 0.223 e. The summed E-state index contributed by atoms with van der Waals surface area (Å²) in [6, 6.07) is 3.95. The number of hydrogen-bond acceptors (Lipinski definition) is 7. The van der Waals surface area contributed by atoms with Gasteiger partial charge in [0.1, 0.15) is 22.8 Å². The standard InChI is InChI=1S/C22H28N6OS/c1-14-15(2)30-22-19(14)20(25-13-26-22)28-9-6-17(7-10-28)21(29)24-12-16-5-8-23-18(11-16)27(3)4/h5,8,11,13,17H,6-7,9-10,12H2,1-4H3,(H,24,29). The number of hydrogen-bond donors (Lipinski definition) is 1. The first-order valence-corrected chi connectivity index (χ1v) is 11.1. The van der Waals surface area contributed by atoms with E-state index < -0.39 is 0 Å². The van der Waals surface area contributed by atoms with Crippen molar-refractivity contribution in [2.45, 2.75) is 33.2 Å². The maximum Gasteiger partial charge on any atom is 0.223 e. The van der Waals surface area contributed by atoms with Crippen molar-refractivity contribution in [2.24, 2.45) is 5.92 Å². The predicted molar refractivity (Wildman–Crippen MR) is 122 cm³/mol. The zero-order chi connectivity index (χ0) is 21.3. The molecule has 158 valence electrons. The van der Waals surface area contributed by atoms with Crippen molar-refractivity contribution in [1.29, 1.82) is 0 Å². The number of carbonyl (C=O) groups is 1. The first kappa shape index (κ1) is 20.5. The van der Waals surface area contributed by atoms with Crippen molar-refractivity contribution < 1.29 is 4.79 Å². The third-order valence-electron chi connectivity index (χ3n) is 5.85. The number of aromatic nitrogens is 3. The summed E-state index contributed by atoms with van der Waals surface area (Å²) in [5.41, 5.74) is 2.33. The molecule has 4 heterocycles. The van der Waals surface area contributed by atoms with E-state index in [1.807, 2.05) is 31.1 Å². The number of aryl methyl sites for hydroxylation is 2. The van der Waals surface area contributed by atoms with Crippen LogP contribution in [0.1, 0.15) is 28.8 Å². The van der Waals surface area contributed by atoms with Gasteiger partial charge in [-0.15, -0.1) is 11.3 Å². The molecule has 1 N–H and O–H groups in total. The second-order valence-corrected chi connectivity index (χ2v) is 9.26. The fourth-order valence-corrected chi connectivity index (χ4v) is 4.90. The van der Waals surface area contributed by atoms with Crippen LogP contribution in [0.2, 0.25) is 0 Å². The maximum atomic E-state index is 12.7. The SMILES string of the molecule is Cc1sc2ncnc(N3CCC(C(=O)NCc4ccnc(N(C)C)c4)CC3)c2c1C. The molecule has 30 heavy (non-hydrogen) atoms. The van der Waals surface area contributed by atoms with E-state index in [-0.39, 0.29) is 11.8 Å². The number of carbonyl (C=O) groups excluding carboxylic acids is 1. The lowest BCUT2D eigenvalue weighted by molar-refractivity contribution is -0.125. The van der Waals surface area contributed by atoms with Crippen molar-refractivity contribution in [3.8, 4) is 0 Å². The Balaban J connectivity index is 1.37. The van der Waals surface area contributed by atoms with Crippen LogP contribution in [0.15, 0.2) is 24.7 Å². The first-order chi connectivity index (χ1) is 14.4. The summed E-state index contributed by atoms with van der Waals surface area (Å²) in [5.74, 6) is 2.08. The van der Waals surface area contributed by atoms with Crippen molar-refractivity contribution in [3.05, 3.63) is 40.7 Å². The summed E-state index contributed by atoms with van der Waals surface area (Å²) in [4.78, 5) is 32.7. The summed E-state index contributed by atoms with van der Waals surface area (Å²) in [6.45, 7) is 6.47. The van der Waals surface area contributed by atoms with Crippen LogP contribution in [0.3, 0.4) is 0 Å². The van der Waals surface area contributed by atoms with Gasteiger partial charge < -0.3 is 15.1 Å². The van der Waals surface area contributed by atoms with Gasteiger partial charge in [0, 0.05) is 50.7 Å². The lowest BCUT2D eigenvalue weighted by Crippen LogP contribution is -2.40. The molecule has 1 saturated heterocycles. The maximum absolute atomic E-state index is 12.7. The summed E-state index contributed by atoms with van der Waals surface area (Å²) < 4.78 is 0. The van der Waals surface area contributed by atoms with Crippen LogP contribution in [-0.4, -0.2) is 48.0 Å². The lowest BCUT2D eigenvalue weighted by atomic mass is 9.95. The normalized spacial score (nSPS) is 14.9. The van der Waals surface area contributed by atoms with E-state index in [2.05, 4.69) is 39.0 Å². The fraction of sp³-hybridized carbons (Fsp3) is 0.455. The number of thiophene rings is 1. The van der Waals surface area contributed by atoms with Crippen LogP contribution in [-0.2, 0) is 11.3 Å². The second kappa shape index (κ2) is 8.55. The number of rotatable bonds is 5. The van der Waals surface area contributed by atoms with Crippen LogP contribution in [0, 0.1) is 19.8 Å². The minimum Gasteiger partial charge on any atom is -0.363 e. The zero-order valence-electron chi connectivity index (χ0n) is 18.0. The number of pyridine rings is 1. The number of fused-ring (bicyclic) bond motifs is 1. The summed E-state index contributed by atoms with van der Waals surface area (Å²) >= 11 is 1.72. The highest BCUT2D eigenvalue weighted by molar-refractivity contribution is 7.18. The van der Waals surface area contributed by atoms with Crippen molar-refractivity contribution >= 4 is 39.1 Å². The quantitative estimate of drug-likeness (QED) is 0.677. The molecule has 3 aromatic heterocycles. The minimum absolute atomic E-state index is 0.0408. The van der Waals surface area contributed by atoms with Crippen LogP contribution < -0.4 is 15.1 Å². The van der Waals surface area contributed by atoms with E-state index in [1.165, 1.54) is 10.4 Å². The molecule has 1 fully saturated rings. The van der Waals surface area contributed by atoms with Gasteiger partial charge in [-0.1, -0.05) is 0 Å². The Kier molecular flexibility index (Phi) is 5.85. The minimum atomic E-state index is 0.0408. The van der Waals surface area contributed by atoms with Crippen LogP contribution in [0.4, 0.5) is 11.6 Å². The average molecular weight is 425 g/mol. The Morgan fingerprint density at radius 3 is 2.73 bits per heavy atom. The Bertz CT molecular complexity index is 1050. The summed E-state index contributed by atoms with van der Waals surface area (Å²) in [7, 11) is 3.92. The topological polar surface area (TPSA) is 74.2 Å². The monoisotopic (exact) mass is 424 g/mol. The molecular formula is C22H28N6OS. The molecule has 0 bridgehead atoms. The van der Waals surface area contributed by atoms with E-state index in [4.69, 9.17) is 0 Å². The third kappa shape index (κ3) is 4.09. The van der Waals surface area contributed by atoms with Gasteiger partial charge in [0.2, 0.25) is 5.91 Å². The molecule has 8 heteroatoms. The van der Waals surface area contributed by atoms with Crippen molar-refractivity contribution in [2.75, 3.05) is 37.0 Å². The van der Waals surface area contributed by atoms with Gasteiger partial charge in [-0.2, -0.15) is 0 Å². The Morgan fingerprint density at radius 1 is 1.23 bits per heavy atom. The van der Waals surface area contributed by atoms with E-state index in [0.717, 1.165) is 53.3 Å². The fourth-order valence-electron chi connectivity index (χ4n) is 3.91. The molecule has 0 aliphatic carbocycles. The van der Waals surface area contributed by atoms with Gasteiger partial charge in [0.25, 0.3) is 0 Å². The molecule has 4 rings (SSSR count). The molecule has 1 aliphatic heterocycles. The molecule has 0 aromatic carbocycles. The van der Waals surface area contributed by atoms with E-state index in [0.29, 0.717) is 6.54 Å². The van der Waals surface area contributed by atoms with Crippen LogP contribution >= 0.6 is 11.3 Å². The molecule has 1 amide bonds. The Labute approximate surface area is 181 Å². The summed E-state index contributed by atoms with van der Waals surface area (Å²) in [6.07, 6.45) is 5.10. The highest BCUT2D eigenvalue weighted by atomic mass is 32.1. The third-order valence-corrected chi connectivity index (χ3v) is 6.96. The predicted octanol–water partition coefficient (Wildman–Crippen LogP) is 3.30. The highest BCUT2D eigenvalue weighted by Crippen LogP contribution is 2.35. The summed E-state index contributed by atoms with van der Waals surface area (Å²) in [5, 5.41) is 4.27. The number of anilines is 2. The van der Waals surface area contributed by atoms with Crippen molar-refractivity contribution in [1.82, 2.24) is 20.3 Å². The molecule has 3 aromatic rings. The van der Waals surface area contributed by atoms with E-state index in [1.54, 1.807) is 23.9 Å².